The van der Waals surface area contributed by atoms with E-state index in [0.717, 1.165) is 55.4 Å². The SMILES string of the molecule is CCCCn1c(CNC(=O)COc2ccccc2)nnc1SCC(=O)Nc1sc2c(c1C(=O)OCC)CCCCC2. The molecule has 0 radical (unpaired) electrons. The third-order valence-corrected chi connectivity index (χ3v) is 8.75. The molecular weight excluding hydrogens is 562 g/mol. The molecule has 0 aliphatic heterocycles. The van der Waals surface area contributed by atoms with E-state index in [4.69, 9.17) is 9.47 Å². The highest BCUT2D eigenvalue weighted by atomic mass is 32.2. The van der Waals surface area contributed by atoms with Gasteiger partial charge in [-0.25, -0.2) is 4.79 Å². The van der Waals surface area contributed by atoms with Gasteiger partial charge in [-0.05, 0) is 56.7 Å². The molecule has 220 valence electrons. The van der Waals surface area contributed by atoms with Crippen LogP contribution in [0.3, 0.4) is 0 Å². The summed E-state index contributed by atoms with van der Waals surface area (Å²) in [6.45, 7) is 4.92. The Morgan fingerprint density at radius 3 is 2.63 bits per heavy atom. The molecule has 0 atom stereocenters. The number of aromatic nitrogens is 3. The molecule has 1 aliphatic rings. The standard InChI is InChI=1S/C29H37N5O5S2/c1-3-5-16-34-23(17-30-24(35)18-39-20-12-8-6-9-13-20)32-33-29(34)40-19-25(36)31-27-26(28(37)38-4-2)21-14-10-7-11-15-22(21)41-27/h6,8-9,12-13H,3-5,7,10-11,14-19H2,1-2H3,(H,30,35)(H,31,36). The zero-order chi connectivity index (χ0) is 29.0. The first-order chi connectivity index (χ1) is 20.0. The van der Waals surface area contributed by atoms with Gasteiger partial charge in [-0.1, -0.05) is 49.7 Å². The molecule has 1 aromatic carbocycles. The van der Waals surface area contributed by atoms with Gasteiger partial charge in [-0.15, -0.1) is 21.5 Å². The lowest BCUT2D eigenvalue weighted by Gasteiger charge is -2.11. The minimum Gasteiger partial charge on any atom is -0.484 e. The molecule has 3 aromatic rings. The number of aryl methyl sites for hydroxylation is 1. The van der Waals surface area contributed by atoms with Gasteiger partial charge in [0, 0.05) is 11.4 Å². The molecule has 41 heavy (non-hydrogen) atoms. The van der Waals surface area contributed by atoms with E-state index in [1.165, 1.54) is 23.1 Å². The Kier molecular flexibility index (Phi) is 11.6. The van der Waals surface area contributed by atoms with Crippen molar-refractivity contribution in [3.8, 4) is 5.75 Å². The van der Waals surface area contributed by atoms with E-state index in [9.17, 15) is 14.4 Å². The minimum atomic E-state index is -0.380. The van der Waals surface area contributed by atoms with E-state index in [1.54, 1.807) is 19.1 Å². The van der Waals surface area contributed by atoms with E-state index in [-0.39, 0.29) is 43.3 Å². The Bertz CT molecular complexity index is 1320. The summed E-state index contributed by atoms with van der Waals surface area (Å²) in [5, 5.41) is 15.5. The highest BCUT2D eigenvalue weighted by Crippen LogP contribution is 2.38. The number of thiophene rings is 1. The predicted molar refractivity (Wildman–Crippen MR) is 160 cm³/mol. The van der Waals surface area contributed by atoms with Gasteiger partial charge in [0.15, 0.2) is 17.6 Å². The first-order valence-electron chi connectivity index (χ1n) is 14.1. The molecule has 0 saturated heterocycles. The van der Waals surface area contributed by atoms with Gasteiger partial charge >= 0.3 is 5.97 Å². The van der Waals surface area contributed by atoms with Crippen molar-refractivity contribution in [1.29, 1.82) is 0 Å². The number of para-hydroxylation sites is 1. The molecular formula is C29H37N5O5S2. The maximum Gasteiger partial charge on any atom is 0.341 e. The van der Waals surface area contributed by atoms with Gasteiger partial charge < -0.3 is 24.7 Å². The van der Waals surface area contributed by atoms with Crippen molar-refractivity contribution < 1.29 is 23.9 Å². The van der Waals surface area contributed by atoms with Crippen molar-refractivity contribution in [2.75, 3.05) is 24.3 Å². The van der Waals surface area contributed by atoms with Crippen LogP contribution in [0.15, 0.2) is 35.5 Å². The molecule has 0 spiro atoms. The number of unbranched alkanes of at least 4 members (excludes halogenated alkanes) is 1. The van der Waals surface area contributed by atoms with Crippen molar-refractivity contribution in [3.05, 3.63) is 52.2 Å². The summed E-state index contributed by atoms with van der Waals surface area (Å²) < 4.78 is 12.8. The monoisotopic (exact) mass is 599 g/mol. The van der Waals surface area contributed by atoms with Gasteiger partial charge in [0.1, 0.15) is 10.8 Å². The summed E-state index contributed by atoms with van der Waals surface area (Å²) in [5.41, 5.74) is 1.53. The zero-order valence-corrected chi connectivity index (χ0v) is 25.2. The maximum atomic E-state index is 13.0. The van der Waals surface area contributed by atoms with Gasteiger partial charge in [0.2, 0.25) is 5.91 Å². The molecule has 2 N–H and O–H groups in total. The number of anilines is 1. The van der Waals surface area contributed by atoms with E-state index in [2.05, 4.69) is 27.8 Å². The number of fused-ring (bicyclic) bond motifs is 1. The molecule has 0 bridgehead atoms. The van der Waals surface area contributed by atoms with Crippen molar-refractivity contribution in [3.63, 3.8) is 0 Å². The third-order valence-electron chi connectivity index (χ3n) is 6.57. The Balaban J connectivity index is 1.37. The molecule has 0 fully saturated rings. The number of benzene rings is 1. The predicted octanol–water partition coefficient (Wildman–Crippen LogP) is 5.01. The average molecular weight is 600 g/mol. The normalized spacial score (nSPS) is 12.7. The molecule has 2 amide bonds. The number of amides is 2. The van der Waals surface area contributed by atoms with Crippen LogP contribution in [0.5, 0.6) is 5.75 Å². The van der Waals surface area contributed by atoms with E-state index in [0.29, 0.717) is 33.8 Å². The number of esters is 1. The third kappa shape index (κ3) is 8.56. The van der Waals surface area contributed by atoms with Crippen molar-refractivity contribution in [2.45, 2.75) is 77.0 Å². The number of hydrogen-bond donors (Lipinski definition) is 2. The van der Waals surface area contributed by atoms with Gasteiger partial charge in [0.25, 0.3) is 5.91 Å². The second-order valence-electron chi connectivity index (χ2n) is 9.61. The van der Waals surface area contributed by atoms with Crippen LogP contribution in [-0.2, 0) is 40.3 Å². The van der Waals surface area contributed by atoms with Crippen LogP contribution in [0.2, 0.25) is 0 Å². The van der Waals surface area contributed by atoms with Crippen LogP contribution in [0.4, 0.5) is 5.00 Å². The fourth-order valence-corrected chi connectivity index (χ4v) is 6.61. The van der Waals surface area contributed by atoms with Crippen molar-refractivity contribution in [1.82, 2.24) is 20.1 Å². The minimum absolute atomic E-state index is 0.102. The molecule has 2 aromatic heterocycles. The Hall–Kier alpha value is -3.38. The van der Waals surface area contributed by atoms with E-state index in [1.807, 2.05) is 22.8 Å². The summed E-state index contributed by atoms with van der Waals surface area (Å²) >= 11 is 2.76. The zero-order valence-electron chi connectivity index (χ0n) is 23.6. The molecule has 2 heterocycles. The lowest BCUT2D eigenvalue weighted by molar-refractivity contribution is -0.123. The highest BCUT2D eigenvalue weighted by Gasteiger charge is 2.27. The second kappa shape index (κ2) is 15.6. The van der Waals surface area contributed by atoms with Crippen LogP contribution in [-0.4, -0.2) is 51.5 Å². The molecule has 4 rings (SSSR count). The first-order valence-corrected chi connectivity index (χ1v) is 15.9. The Morgan fingerprint density at radius 1 is 1.05 bits per heavy atom. The topological polar surface area (TPSA) is 124 Å². The van der Waals surface area contributed by atoms with Gasteiger partial charge in [0.05, 0.1) is 24.5 Å². The first kappa shape index (κ1) is 30.6. The van der Waals surface area contributed by atoms with Crippen LogP contribution >= 0.6 is 23.1 Å². The van der Waals surface area contributed by atoms with Gasteiger partial charge in [-0.2, -0.15) is 0 Å². The summed E-state index contributed by atoms with van der Waals surface area (Å²) in [4.78, 5) is 39.3. The number of ether oxygens (including phenoxy) is 2. The van der Waals surface area contributed by atoms with Crippen LogP contribution < -0.4 is 15.4 Å². The summed E-state index contributed by atoms with van der Waals surface area (Å²) in [7, 11) is 0. The number of thioether (sulfide) groups is 1. The fourth-order valence-electron chi connectivity index (χ4n) is 4.53. The summed E-state index contributed by atoms with van der Waals surface area (Å²) in [5.74, 6) is 0.468. The van der Waals surface area contributed by atoms with Crippen molar-refractivity contribution in [2.24, 2.45) is 0 Å². The molecule has 0 saturated carbocycles. The van der Waals surface area contributed by atoms with E-state index >= 15 is 0 Å². The average Bonchev–Trinajstić information content (AvgIpc) is 3.44. The highest BCUT2D eigenvalue weighted by molar-refractivity contribution is 7.99. The van der Waals surface area contributed by atoms with Crippen molar-refractivity contribution >= 4 is 45.9 Å². The summed E-state index contributed by atoms with van der Waals surface area (Å²) in [6.07, 6.45) is 6.84. The quantitative estimate of drug-likeness (QED) is 0.151. The number of carbonyl (C=O) groups is 3. The smallest absolute Gasteiger partial charge is 0.341 e. The molecule has 0 unspecified atom stereocenters. The number of carbonyl (C=O) groups excluding carboxylic acids is 3. The lowest BCUT2D eigenvalue weighted by Crippen LogP contribution is -2.29. The molecule has 1 aliphatic carbocycles. The maximum absolute atomic E-state index is 13.0. The lowest BCUT2D eigenvalue weighted by atomic mass is 10.1. The van der Waals surface area contributed by atoms with Gasteiger partial charge in [-0.3, -0.25) is 9.59 Å². The number of hydrogen-bond acceptors (Lipinski definition) is 9. The van der Waals surface area contributed by atoms with Crippen LogP contribution in [0, 0.1) is 0 Å². The van der Waals surface area contributed by atoms with Crippen LogP contribution in [0.1, 0.15) is 72.6 Å². The molecule has 10 nitrogen and oxygen atoms in total. The Morgan fingerprint density at radius 2 is 1.85 bits per heavy atom. The Labute approximate surface area is 248 Å². The number of nitrogens with one attached hydrogen (secondary N) is 2. The number of nitrogens with zero attached hydrogens (tertiary/aromatic N) is 3. The van der Waals surface area contributed by atoms with Crippen LogP contribution in [0.25, 0.3) is 0 Å². The van der Waals surface area contributed by atoms with E-state index < -0.39 is 0 Å². The number of rotatable bonds is 14. The largest absolute Gasteiger partial charge is 0.484 e. The fraction of sp³-hybridized carbons (Fsp3) is 0.483. The second-order valence-corrected chi connectivity index (χ2v) is 11.7. The molecule has 12 heteroatoms. The summed E-state index contributed by atoms with van der Waals surface area (Å²) in [6, 6.07) is 9.15.